The van der Waals surface area contributed by atoms with Crippen molar-refractivity contribution in [3.05, 3.63) is 65.9 Å². The number of aromatic nitrogens is 1. The average molecular weight is 523 g/mol. The Morgan fingerprint density at radius 3 is 2.24 bits per heavy atom. The quantitative estimate of drug-likeness (QED) is 0.404. The molecule has 3 rings (SSSR count). The number of methoxy groups -OCH3 is 2. The molecule has 1 unspecified atom stereocenters. The van der Waals surface area contributed by atoms with E-state index in [-0.39, 0.29) is 24.6 Å². The van der Waals surface area contributed by atoms with Gasteiger partial charge in [-0.2, -0.15) is 0 Å². The van der Waals surface area contributed by atoms with Crippen LogP contribution in [0.15, 0.2) is 59.1 Å². The highest BCUT2D eigenvalue weighted by Gasteiger charge is 2.34. The third kappa shape index (κ3) is 7.58. The molecule has 2 N–H and O–H groups in total. The Labute approximate surface area is 222 Å². The zero-order chi connectivity index (χ0) is 27.9. The number of hydrogen-bond donors (Lipinski definition) is 2. The maximum Gasteiger partial charge on any atom is 0.248 e. The van der Waals surface area contributed by atoms with Crippen molar-refractivity contribution in [1.29, 1.82) is 0 Å². The number of ether oxygens (including phenoxy) is 2. The number of amides is 3. The van der Waals surface area contributed by atoms with Crippen LogP contribution in [0.2, 0.25) is 0 Å². The summed E-state index contributed by atoms with van der Waals surface area (Å²) in [5.74, 6) is 0.748. The SMILES string of the molecule is COc1ccc(C(C(=O)NC(C)(C)C)N(C(=O)CCC(=O)Nc2cc(C)on2)c2cccc(OC)c2)cc1. The fraction of sp³-hybridized carbons (Fsp3) is 0.357. The van der Waals surface area contributed by atoms with Gasteiger partial charge in [0, 0.05) is 36.2 Å². The summed E-state index contributed by atoms with van der Waals surface area (Å²) in [6.45, 7) is 7.30. The van der Waals surface area contributed by atoms with Crippen LogP contribution in [-0.2, 0) is 14.4 Å². The number of rotatable bonds is 10. The molecule has 0 aliphatic carbocycles. The van der Waals surface area contributed by atoms with Crippen LogP contribution in [0.1, 0.15) is 51.0 Å². The van der Waals surface area contributed by atoms with E-state index in [4.69, 9.17) is 14.0 Å². The molecule has 0 spiro atoms. The Balaban J connectivity index is 1.98. The molecule has 38 heavy (non-hydrogen) atoms. The number of carbonyl (C=O) groups is 3. The summed E-state index contributed by atoms with van der Waals surface area (Å²) in [6.07, 6.45) is -0.281. The molecule has 202 valence electrons. The number of nitrogens with zero attached hydrogens (tertiary/aromatic N) is 2. The first-order valence-electron chi connectivity index (χ1n) is 12.2. The molecule has 3 aromatic rings. The summed E-state index contributed by atoms with van der Waals surface area (Å²) >= 11 is 0. The lowest BCUT2D eigenvalue weighted by atomic mass is 10.00. The van der Waals surface area contributed by atoms with Crippen LogP contribution in [-0.4, -0.2) is 42.6 Å². The Kier molecular flexibility index (Phi) is 9.11. The first kappa shape index (κ1) is 28.2. The molecule has 10 heteroatoms. The fourth-order valence-corrected chi connectivity index (χ4v) is 3.81. The van der Waals surface area contributed by atoms with Crippen LogP contribution >= 0.6 is 0 Å². The van der Waals surface area contributed by atoms with Crippen molar-refractivity contribution < 1.29 is 28.4 Å². The van der Waals surface area contributed by atoms with Gasteiger partial charge in [-0.1, -0.05) is 23.4 Å². The first-order valence-corrected chi connectivity index (χ1v) is 12.2. The lowest BCUT2D eigenvalue weighted by Crippen LogP contribution is -2.49. The summed E-state index contributed by atoms with van der Waals surface area (Å²) in [5, 5.41) is 9.35. The predicted octanol–water partition coefficient (Wildman–Crippen LogP) is 4.41. The van der Waals surface area contributed by atoms with Crippen molar-refractivity contribution in [2.45, 2.75) is 52.1 Å². The zero-order valence-corrected chi connectivity index (χ0v) is 22.5. The van der Waals surface area contributed by atoms with E-state index in [0.29, 0.717) is 28.5 Å². The van der Waals surface area contributed by atoms with Crippen molar-refractivity contribution in [2.75, 3.05) is 24.4 Å². The van der Waals surface area contributed by atoms with E-state index in [2.05, 4.69) is 15.8 Å². The molecule has 0 aliphatic rings. The van der Waals surface area contributed by atoms with E-state index in [1.807, 2.05) is 20.8 Å². The molecular formula is C28H34N4O6. The highest BCUT2D eigenvalue weighted by Crippen LogP contribution is 2.32. The number of anilines is 2. The van der Waals surface area contributed by atoms with Crippen LogP contribution in [0.25, 0.3) is 0 Å². The van der Waals surface area contributed by atoms with Gasteiger partial charge in [-0.05, 0) is 57.5 Å². The summed E-state index contributed by atoms with van der Waals surface area (Å²) in [5.41, 5.74) is 0.471. The molecule has 1 aromatic heterocycles. The predicted molar refractivity (Wildman–Crippen MR) is 143 cm³/mol. The van der Waals surface area contributed by atoms with Crippen LogP contribution in [0, 0.1) is 6.92 Å². The monoisotopic (exact) mass is 522 g/mol. The minimum Gasteiger partial charge on any atom is -0.497 e. The van der Waals surface area contributed by atoms with Crippen molar-refractivity contribution in [2.24, 2.45) is 0 Å². The molecule has 1 atom stereocenters. The second-order valence-electron chi connectivity index (χ2n) is 9.75. The second kappa shape index (κ2) is 12.3. The molecule has 0 radical (unpaired) electrons. The van der Waals surface area contributed by atoms with Crippen LogP contribution in [0.4, 0.5) is 11.5 Å². The summed E-state index contributed by atoms with van der Waals surface area (Å²) in [4.78, 5) is 41.4. The highest BCUT2D eigenvalue weighted by atomic mass is 16.5. The minimum atomic E-state index is -1.03. The normalized spacial score (nSPS) is 11.8. The molecule has 10 nitrogen and oxygen atoms in total. The molecule has 1 heterocycles. The van der Waals surface area contributed by atoms with E-state index in [0.717, 1.165) is 0 Å². The van der Waals surface area contributed by atoms with Gasteiger partial charge in [0.25, 0.3) is 0 Å². The Bertz CT molecular complexity index is 1260. The molecule has 0 saturated carbocycles. The van der Waals surface area contributed by atoms with E-state index in [1.54, 1.807) is 68.6 Å². The van der Waals surface area contributed by atoms with Gasteiger partial charge < -0.3 is 24.6 Å². The van der Waals surface area contributed by atoms with Gasteiger partial charge in [0.15, 0.2) is 5.82 Å². The Morgan fingerprint density at radius 1 is 0.974 bits per heavy atom. The van der Waals surface area contributed by atoms with Gasteiger partial charge in [0.1, 0.15) is 23.3 Å². The fourth-order valence-electron chi connectivity index (χ4n) is 3.81. The number of aryl methyl sites for hydroxylation is 1. The minimum absolute atomic E-state index is 0.124. The van der Waals surface area contributed by atoms with E-state index in [1.165, 1.54) is 12.0 Å². The van der Waals surface area contributed by atoms with E-state index >= 15 is 0 Å². The summed E-state index contributed by atoms with van der Waals surface area (Å²) in [6, 6.07) is 14.4. The van der Waals surface area contributed by atoms with Crippen LogP contribution in [0.5, 0.6) is 11.5 Å². The molecule has 0 bridgehead atoms. The van der Waals surface area contributed by atoms with Crippen LogP contribution < -0.4 is 25.0 Å². The molecular weight excluding hydrogens is 488 g/mol. The van der Waals surface area contributed by atoms with Crippen molar-refractivity contribution >= 4 is 29.2 Å². The second-order valence-corrected chi connectivity index (χ2v) is 9.75. The van der Waals surface area contributed by atoms with Crippen molar-refractivity contribution in [1.82, 2.24) is 10.5 Å². The van der Waals surface area contributed by atoms with E-state index < -0.39 is 23.4 Å². The van der Waals surface area contributed by atoms with Gasteiger partial charge in [-0.25, -0.2) is 0 Å². The van der Waals surface area contributed by atoms with Gasteiger partial charge in [0.2, 0.25) is 17.7 Å². The molecule has 0 fully saturated rings. The zero-order valence-electron chi connectivity index (χ0n) is 22.5. The molecule has 3 amide bonds. The highest BCUT2D eigenvalue weighted by molar-refractivity contribution is 6.03. The van der Waals surface area contributed by atoms with Gasteiger partial charge >= 0.3 is 0 Å². The van der Waals surface area contributed by atoms with Crippen molar-refractivity contribution in [3.8, 4) is 11.5 Å². The maximum absolute atomic E-state index is 13.8. The standard InChI is InChI=1S/C28H34N4O6/c1-18-16-23(31-38-18)29-24(33)14-15-25(34)32(20-8-7-9-22(17-20)37-6)26(27(35)30-28(2,3)4)19-10-12-21(36-5)13-11-19/h7-13,16-17,26H,14-15H2,1-6H3,(H,30,35)(H,29,31,33). The smallest absolute Gasteiger partial charge is 0.248 e. The summed E-state index contributed by atoms with van der Waals surface area (Å²) < 4.78 is 15.6. The number of benzene rings is 2. The third-order valence-corrected chi connectivity index (χ3v) is 5.50. The van der Waals surface area contributed by atoms with Gasteiger partial charge in [0.05, 0.1) is 14.2 Å². The Morgan fingerprint density at radius 2 is 1.66 bits per heavy atom. The number of nitrogens with one attached hydrogen (secondary N) is 2. The molecule has 2 aromatic carbocycles. The lowest BCUT2D eigenvalue weighted by Gasteiger charge is -2.34. The van der Waals surface area contributed by atoms with Crippen LogP contribution in [0.3, 0.4) is 0 Å². The van der Waals surface area contributed by atoms with Crippen molar-refractivity contribution in [3.63, 3.8) is 0 Å². The maximum atomic E-state index is 13.8. The topological polar surface area (TPSA) is 123 Å². The van der Waals surface area contributed by atoms with E-state index in [9.17, 15) is 14.4 Å². The summed E-state index contributed by atoms with van der Waals surface area (Å²) in [7, 11) is 3.07. The van der Waals surface area contributed by atoms with Gasteiger partial charge in [-0.15, -0.1) is 0 Å². The lowest BCUT2D eigenvalue weighted by molar-refractivity contribution is -0.128. The van der Waals surface area contributed by atoms with Gasteiger partial charge in [-0.3, -0.25) is 19.3 Å². The number of hydrogen-bond acceptors (Lipinski definition) is 7. The first-order chi connectivity index (χ1) is 18.0. The average Bonchev–Trinajstić information content (AvgIpc) is 3.28. The molecule has 0 saturated heterocycles. The number of carbonyl (C=O) groups excluding carboxylic acids is 3. The Hall–Kier alpha value is -4.34. The third-order valence-electron chi connectivity index (χ3n) is 5.50. The largest absolute Gasteiger partial charge is 0.497 e. The molecule has 0 aliphatic heterocycles.